The molecule has 1 heterocycles. The largest absolute Gasteiger partial charge is 0.389 e. The maximum atomic E-state index is 13.9. The van der Waals surface area contributed by atoms with Gasteiger partial charge in [-0.3, -0.25) is 14.4 Å². The quantitative estimate of drug-likeness (QED) is 0.531. The van der Waals surface area contributed by atoms with Gasteiger partial charge in [0.25, 0.3) is 5.91 Å². The van der Waals surface area contributed by atoms with E-state index in [1.54, 1.807) is 31.2 Å². The van der Waals surface area contributed by atoms with Gasteiger partial charge in [0.2, 0.25) is 18.0 Å². The lowest BCUT2D eigenvalue weighted by Gasteiger charge is -2.19. The van der Waals surface area contributed by atoms with E-state index in [0.717, 1.165) is 0 Å². The molecule has 7 nitrogen and oxygen atoms in total. The lowest BCUT2D eigenvalue weighted by molar-refractivity contribution is -0.143. The topological polar surface area (TPSA) is 114 Å². The van der Waals surface area contributed by atoms with Gasteiger partial charge in [-0.15, -0.1) is 0 Å². The van der Waals surface area contributed by atoms with E-state index >= 15 is 0 Å². The second kappa shape index (κ2) is 10.0. The van der Waals surface area contributed by atoms with Crippen molar-refractivity contribution >= 4 is 29.1 Å². The number of benzene rings is 2. The van der Waals surface area contributed by atoms with Crippen molar-refractivity contribution in [3.63, 3.8) is 0 Å². The van der Waals surface area contributed by atoms with E-state index < -0.39 is 61.1 Å². The number of amides is 3. The lowest BCUT2D eigenvalue weighted by Crippen LogP contribution is -2.45. The number of aryl methyl sites for hydroxylation is 1. The van der Waals surface area contributed by atoms with Crippen LogP contribution in [0.3, 0.4) is 0 Å². The predicted molar refractivity (Wildman–Crippen MR) is 116 cm³/mol. The Morgan fingerprint density at radius 1 is 1.21 bits per heavy atom. The molecule has 0 bridgehead atoms. The van der Waals surface area contributed by atoms with Crippen LogP contribution in [0.25, 0.3) is 0 Å². The molecule has 3 amide bonds. The summed E-state index contributed by atoms with van der Waals surface area (Å²) in [6, 6.07) is 10.6. The zero-order chi connectivity index (χ0) is 25.0. The van der Waals surface area contributed by atoms with E-state index in [2.05, 4.69) is 15.6 Å². The van der Waals surface area contributed by atoms with Crippen LogP contribution in [0.4, 0.5) is 23.2 Å². The van der Waals surface area contributed by atoms with Crippen LogP contribution in [0.2, 0.25) is 0 Å². The summed E-state index contributed by atoms with van der Waals surface area (Å²) in [6.45, 7) is 1.74. The Morgan fingerprint density at radius 2 is 1.91 bits per heavy atom. The molecule has 4 N–H and O–H groups in total. The Kier molecular flexibility index (Phi) is 7.33. The summed E-state index contributed by atoms with van der Waals surface area (Å²) in [4.78, 5) is 41.3. The highest BCUT2D eigenvalue weighted by Gasteiger charge is 2.34. The number of nitrogens with zero attached hydrogens (tertiary/aromatic N) is 1. The summed E-state index contributed by atoms with van der Waals surface area (Å²) in [6.07, 6.45) is -8.71. The van der Waals surface area contributed by atoms with Crippen molar-refractivity contribution in [1.29, 1.82) is 0 Å². The highest BCUT2D eigenvalue weighted by molar-refractivity contribution is 6.20. The summed E-state index contributed by atoms with van der Waals surface area (Å²) in [5, 5.41) is 4.97. The molecule has 0 radical (unpaired) electrons. The van der Waals surface area contributed by atoms with Gasteiger partial charge in [0, 0.05) is 29.9 Å². The Balaban J connectivity index is 1.98. The van der Waals surface area contributed by atoms with Crippen LogP contribution in [0.15, 0.2) is 47.5 Å². The molecule has 2 aromatic rings. The minimum absolute atomic E-state index is 0.198. The number of carbonyl (C=O) groups is 3. The van der Waals surface area contributed by atoms with Gasteiger partial charge < -0.3 is 16.4 Å². The zero-order valence-electron chi connectivity index (χ0n) is 18.1. The SMILES string of the molecule is Cc1cccc2c1NC(=O)C(NC(=O)C(CCC(F)(F)F)CC(N)=O)N=C2c1cccc(F)c1. The third kappa shape index (κ3) is 6.18. The molecule has 2 unspecified atom stereocenters. The molecule has 1 aliphatic rings. The number of alkyl halides is 3. The Hall–Kier alpha value is -3.76. The van der Waals surface area contributed by atoms with Crippen LogP contribution in [0.5, 0.6) is 0 Å². The number of anilines is 1. The van der Waals surface area contributed by atoms with Crippen molar-refractivity contribution in [2.24, 2.45) is 16.6 Å². The van der Waals surface area contributed by atoms with Crippen LogP contribution in [0, 0.1) is 18.7 Å². The van der Waals surface area contributed by atoms with Gasteiger partial charge in [0.15, 0.2) is 0 Å². The van der Waals surface area contributed by atoms with E-state index in [1.807, 2.05) is 0 Å². The predicted octanol–water partition coefficient (Wildman–Crippen LogP) is 3.20. The van der Waals surface area contributed by atoms with Crippen LogP contribution in [-0.2, 0) is 14.4 Å². The summed E-state index contributed by atoms with van der Waals surface area (Å²) >= 11 is 0. The van der Waals surface area contributed by atoms with Crippen LogP contribution < -0.4 is 16.4 Å². The average Bonchev–Trinajstić information content (AvgIpc) is 2.88. The Morgan fingerprint density at radius 3 is 2.56 bits per heavy atom. The first-order valence-corrected chi connectivity index (χ1v) is 10.3. The first-order chi connectivity index (χ1) is 15.9. The number of benzodiazepines with no additional fused rings is 1. The van der Waals surface area contributed by atoms with Gasteiger partial charge in [-0.2, -0.15) is 13.2 Å². The van der Waals surface area contributed by atoms with E-state index in [-0.39, 0.29) is 5.71 Å². The highest BCUT2D eigenvalue weighted by atomic mass is 19.4. The van der Waals surface area contributed by atoms with E-state index in [9.17, 15) is 31.9 Å². The van der Waals surface area contributed by atoms with Gasteiger partial charge in [0.05, 0.1) is 11.4 Å². The van der Waals surface area contributed by atoms with Gasteiger partial charge in [-0.1, -0.05) is 30.3 Å². The number of nitrogens with one attached hydrogen (secondary N) is 2. The normalized spacial score (nSPS) is 16.6. The molecule has 0 saturated carbocycles. The smallest absolute Gasteiger partial charge is 0.370 e. The molecule has 0 saturated heterocycles. The van der Waals surface area contributed by atoms with Crippen molar-refractivity contribution in [3.8, 4) is 0 Å². The number of halogens is 4. The molecular formula is C23H22F4N4O3. The van der Waals surface area contributed by atoms with Gasteiger partial charge >= 0.3 is 6.18 Å². The first kappa shape index (κ1) is 24.9. The summed E-state index contributed by atoms with van der Waals surface area (Å²) < 4.78 is 52.0. The second-order valence-corrected chi connectivity index (χ2v) is 7.91. The first-order valence-electron chi connectivity index (χ1n) is 10.3. The van der Waals surface area contributed by atoms with Crippen LogP contribution in [0.1, 0.15) is 36.0 Å². The maximum Gasteiger partial charge on any atom is 0.389 e. The zero-order valence-corrected chi connectivity index (χ0v) is 18.1. The molecule has 2 aromatic carbocycles. The lowest BCUT2D eigenvalue weighted by atomic mass is 9.97. The molecule has 3 rings (SSSR count). The molecule has 0 aromatic heterocycles. The van der Waals surface area contributed by atoms with Crippen LogP contribution >= 0.6 is 0 Å². The van der Waals surface area contributed by atoms with Gasteiger partial charge in [0.1, 0.15) is 5.82 Å². The standard InChI is InChI=1S/C23H22F4N4O3/c1-12-4-2-7-16-18(12)30-22(34)20(29-19(16)13-5-3-6-15(24)10-13)31-21(33)14(11-17(28)32)8-9-23(25,26)27/h2-7,10,14,20H,8-9,11H2,1H3,(H2,28,32)(H,30,34)(H,31,33). The van der Waals surface area contributed by atoms with Crippen LogP contribution in [-0.4, -0.2) is 35.8 Å². The van der Waals surface area contributed by atoms with Gasteiger partial charge in [-0.05, 0) is 31.0 Å². The number of aliphatic imine (C=N–C) groups is 1. The summed E-state index contributed by atoms with van der Waals surface area (Å²) in [5.41, 5.74) is 7.18. The monoisotopic (exact) mass is 478 g/mol. The summed E-state index contributed by atoms with van der Waals surface area (Å²) in [5.74, 6) is -4.64. The number of carbonyl (C=O) groups excluding carboxylic acids is 3. The molecule has 34 heavy (non-hydrogen) atoms. The molecule has 2 atom stereocenters. The third-order valence-electron chi connectivity index (χ3n) is 5.25. The maximum absolute atomic E-state index is 13.9. The van der Waals surface area contributed by atoms with Crippen molar-refractivity contribution in [1.82, 2.24) is 5.32 Å². The number of fused-ring (bicyclic) bond motifs is 1. The fourth-order valence-corrected chi connectivity index (χ4v) is 3.60. The Labute approximate surface area is 192 Å². The number of rotatable bonds is 7. The van der Waals surface area contributed by atoms with E-state index in [0.29, 0.717) is 22.4 Å². The third-order valence-corrected chi connectivity index (χ3v) is 5.25. The summed E-state index contributed by atoms with van der Waals surface area (Å²) in [7, 11) is 0. The molecular weight excluding hydrogens is 456 g/mol. The average molecular weight is 478 g/mol. The number of nitrogens with two attached hydrogens (primary N) is 1. The fraction of sp³-hybridized carbons (Fsp3) is 0.304. The minimum atomic E-state index is -4.54. The molecule has 0 spiro atoms. The number of primary amides is 1. The fourth-order valence-electron chi connectivity index (χ4n) is 3.60. The van der Waals surface area contributed by atoms with Crippen molar-refractivity contribution in [3.05, 3.63) is 65.0 Å². The van der Waals surface area contributed by atoms with Crippen molar-refractivity contribution in [2.45, 2.75) is 38.5 Å². The van der Waals surface area contributed by atoms with Crippen molar-refractivity contribution in [2.75, 3.05) is 5.32 Å². The van der Waals surface area contributed by atoms with Crippen molar-refractivity contribution < 1.29 is 31.9 Å². The molecule has 180 valence electrons. The number of hydrogen-bond acceptors (Lipinski definition) is 4. The molecule has 11 heteroatoms. The molecule has 0 fully saturated rings. The minimum Gasteiger partial charge on any atom is -0.370 e. The number of para-hydroxylation sites is 1. The van der Waals surface area contributed by atoms with E-state index in [1.165, 1.54) is 18.2 Å². The van der Waals surface area contributed by atoms with E-state index in [4.69, 9.17) is 5.73 Å². The van der Waals surface area contributed by atoms with Gasteiger partial charge in [-0.25, -0.2) is 9.38 Å². The molecule has 1 aliphatic heterocycles. The Bertz CT molecular complexity index is 1150. The molecule has 0 aliphatic carbocycles. The number of hydrogen-bond donors (Lipinski definition) is 3. The highest BCUT2D eigenvalue weighted by Crippen LogP contribution is 2.28. The second-order valence-electron chi connectivity index (χ2n) is 7.91.